The molecule has 0 radical (unpaired) electrons. The van der Waals surface area contributed by atoms with Crippen molar-refractivity contribution >= 4 is 5.91 Å². The molecule has 24 heavy (non-hydrogen) atoms. The molecule has 6 heteroatoms. The SMILES string of the molecule is CCN(CC)C(=O)C(c1ccc(O)c(OC)c1)N1CCNC(C)C1. The van der Waals surface area contributed by atoms with Crippen LogP contribution in [0.2, 0.25) is 0 Å². The Hall–Kier alpha value is -1.79. The lowest BCUT2D eigenvalue weighted by molar-refractivity contribution is -0.137. The van der Waals surface area contributed by atoms with E-state index in [1.165, 1.54) is 7.11 Å². The van der Waals surface area contributed by atoms with E-state index < -0.39 is 0 Å². The number of benzene rings is 1. The number of carbonyl (C=O) groups is 1. The van der Waals surface area contributed by atoms with E-state index in [0.717, 1.165) is 25.2 Å². The van der Waals surface area contributed by atoms with Crippen molar-refractivity contribution in [3.63, 3.8) is 0 Å². The van der Waals surface area contributed by atoms with E-state index >= 15 is 0 Å². The number of likely N-dealkylation sites (N-methyl/N-ethyl adjacent to an activating group) is 1. The van der Waals surface area contributed by atoms with Crippen LogP contribution in [0.25, 0.3) is 0 Å². The summed E-state index contributed by atoms with van der Waals surface area (Å²) in [4.78, 5) is 17.2. The second kappa shape index (κ2) is 8.35. The van der Waals surface area contributed by atoms with Crippen molar-refractivity contribution in [1.82, 2.24) is 15.1 Å². The molecule has 1 saturated heterocycles. The van der Waals surface area contributed by atoms with Crippen LogP contribution in [0.3, 0.4) is 0 Å². The molecule has 1 amide bonds. The van der Waals surface area contributed by atoms with Crippen molar-refractivity contribution in [2.45, 2.75) is 32.9 Å². The van der Waals surface area contributed by atoms with Gasteiger partial charge in [-0.05, 0) is 38.5 Å². The summed E-state index contributed by atoms with van der Waals surface area (Å²) in [6.45, 7) is 9.96. The van der Waals surface area contributed by atoms with Gasteiger partial charge in [-0.15, -0.1) is 0 Å². The van der Waals surface area contributed by atoms with E-state index in [1.54, 1.807) is 12.1 Å². The first-order valence-corrected chi connectivity index (χ1v) is 8.64. The Morgan fingerprint density at radius 2 is 2.17 bits per heavy atom. The number of rotatable bonds is 6. The standard InChI is InChI=1S/C18H29N3O3/c1-5-20(6-2)18(23)17(21-10-9-19-13(3)12-21)14-7-8-15(22)16(11-14)24-4/h7-8,11,13,17,19,22H,5-6,9-10,12H2,1-4H3. The first kappa shape index (κ1) is 18.5. The topological polar surface area (TPSA) is 65.0 Å². The average Bonchev–Trinajstić information content (AvgIpc) is 2.58. The van der Waals surface area contributed by atoms with Crippen molar-refractivity contribution in [2.24, 2.45) is 0 Å². The molecule has 2 unspecified atom stereocenters. The fraction of sp³-hybridized carbons (Fsp3) is 0.611. The van der Waals surface area contributed by atoms with Gasteiger partial charge in [0, 0.05) is 38.8 Å². The maximum Gasteiger partial charge on any atom is 0.244 e. The molecule has 2 rings (SSSR count). The summed E-state index contributed by atoms with van der Waals surface area (Å²) < 4.78 is 5.23. The van der Waals surface area contributed by atoms with Gasteiger partial charge in [0.15, 0.2) is 11.5 Å². The molecule has 0 spiro atoms. The van der Waals surface area contributed by atoms with E-state index in [0.29, 0.717) is 24.9 Å². The van der Waals surface area contributed by atoms with E-state index in [1.807, 2.05) is 24.8 Å². The molecule has 1 aromatic rings. The Morgan fingerprint density at radius 3 is 2.75 bits per heavy atom. The molecule has 0 bridgehead atoms. The summed E-state index contributed by atoms with van der Waals surface area (Å²) in [5, 5.41) is 13.3. The molecule has 0 aromatic heterocycles. The van der Waals surface area contributed by atoms with Crippen LogP contribution in [-0.2, 0) is 4.79 Å². The molecule has 1 aliphatic rings. The van der Waals surface area contributed by atoms with Crippen LogP contribution >= 0.6 is 0 Å². The minimum atomic E-state index is -0.357. The fourth-order valence-corrected chi connectivity index (χ4v) is 3.28. The number of methoxy groups -OCH3 is 1. The third-order valence-corrected chi connectivity index (χ3v) is 4.59. The van der Waals surface area contributed by atoms with E-state index in [-0.39, 0.29) is 17.7 Å². The number of phenolic OH excluding ortho intramolecular Hbond substituents is 1. The van der Waals surface area contributed by atoms with Gasteiger partial charge in [-0.1, -0.05) is 6.07 Å². The van der Waals surface area contributed by atoms with Crippen LogP contribution < -0.4 is 10.1 Å². The molecule has 1 aliphatic heterocycles. The third-order valence-electron chi connectivity index (χ3n) is 4.59. The number of carbonyl (C=O) groups excluding carboxylic acids is 1. The Balaban J connectivity index is 2.40. The molecular formula is C18H29N3O3. The lowest BCUT2D eigenvalue weighted by atomic mass is 10.0. The van der Waals surface area contributed by atoms with Crippen LogP contribution in [0.15, 0.2) is 18.2 Å². The molecule has 0 aliphatic carbocycles. The molecule has 1 aromatic carbocycles. The second-order valence-corrected chi connectivity index (χ2v) is 6.19. The van der Waals surface area contributed by atoms with Gasteiger partial charge in [-0.25, -0.2) is 0 Å². The highest BCUT2D eigenvalue weighted by Crippen LogP contribution is 2.32. The minimum Gasteiger partial charge on any atom is -0.504 e. The largest absolute Gasteiger partial charge is 0.504 e. The van der Waals surface area contributed by atoms with Gasteiger partial charge < -0.3 is 20.1 Å². The molecule has 2 atom stereocenters. The van der Waals surface area contributed by atoms with Gasteiger partial charge in [0.25, 0.3) is 0 Å². The van der Waals surface area contributed by atoms with Crippen molar-refractivity contribution in [1.29, 1.82) is 0 Å². The summed E-state index contributed by atoms with van der Waals surface area (Å²) in [5.74, 6) is 0.582. The van der Waals surface area contributed by atoms with Crippen molar-refractivity contribution in [3.05, 3.63) is 23.8 Å². The third kappa shape index (κ3) is 3.99. The number of ether oxygens (including phenoxy) is 1. The van der Waals surface area contributed by atoms with Crippen molar-refractivity contribution < 1.29 is 14.6 Å². The maximum absolute atomic E-state index is 13.2. The molecule has 2 N–H and O–H groups in total. The number of hydrogen-bond donors (Lipinski definition) is 2. The Morgan fingerprint density at radius 1 is 1.46 bits per heavy atom. The molecule has 134 valence electrons. The highest BCUT2D eigenvalue weighted by molar-refractivity contribution is 5.83. The number of aromatic hydroxyl groups is 1. The summed E-state index contributed by atoms with van der Waals surface area (Å²) in [5.41, 5.74) is 0.857. The predicted octanol–water partition coefficient (Wildman–Crippen LogP) is 1.60. The number of nitrogens with one attached hydrogen (secondary N) is 1. The smallest absolute Gasteiger partial charge is 0.244 e. The molecule has 0 saturated carbocycles. The van der Waals surface area contributed by atoms with Gasteiger partial charge >= 0.3 is 0 Å². The van der Waals surface area contributed by atoms with Gasteiger partial charge in [0.05, 0.1) is 7.11 Å². The number of amides is 1. The normalized spacial score (nSPS) is 19.8. The molecule has 1 fully saturated rings. The van der Waals surface area contributed by atoms with Crippen LogP contribution in [0, 0.1) is 0 Å². The summed E-state index contributed by atoms with van der Waals surface area (Å²) in [6, 6.07) is 5.17. The van der Waals surface area contributed by atoms with Crippen LogP contribution in [0.1, 0.15) is 32.4 Å². The predicted molar refractivity (Wildman–Crippen MR) is 94.4 cm³/mol. The molecular weight excluding hydrogens is 306 g/mol. The number of nitrogens with zero attached hydrogens (tertiary/aromatic N) is 2. The quantitative estimate of drug-likeness (QED) is 0.827. The second-order valence-electron chi connectivity index (χ2n) is 6.19. The van der Waals surface area contributed by atoms with Crippen molar-refractivity contribution in [3.8, 4) is 11.5 Å². The number of piperazine rings is 1. The highest BCUT2D eigenvalue weighted by Gasteiger charge is 2.33. The Labute approximate surface area is 144 Å². The number of hydrogen-bond acceptors (Lipinski definition) is 5. The van der Waals surface area contributed by atoms with Gasteiger partial charge in [0.2, 0.25) is 5.91 Å². The van der Waals surface area contributed by atoms with Gasteiger partial charge in [0.1, 0.15) is 6.04 Å². The zero-order valence-corrected chi connectivity index (χ0v) is 15.1. The first-order chi connectivity index (χ1) is 11.5. The zero-order valence-electron chi connectivity index (χ0n) is 15.1. The van der Waals surface area contributed by atoms with Gasteiger partial charge in [-0.3, -0.25) is 9.69 Å². The van der Waals surface area contributed by atoms with E-state index in [2.05, 4.69) is 17.1 Å². The number of phenols is 1. The zero-order chi connectivity index (χ0) is 17.7. The lowest BCUT2D eigenvalue weighted by Crippen LogP contribution is -2.53. The van der Waals surface area contributed by atoms with Crippen LogP contribution in [0.4, 0.5) is 0 Å². The monoisotopic (exact) mass is 335 g/mol. The molecule has 1 heterocycles. The lowest BCUT2D eigenvalue weighted by Gasteiger charge is -2.39. The highest BCUT2D eigenvalue weighted by atomic mass is 16.5. The summed E-state index contributed by atoms with van der Waals surface area (Å²) in [6.07, 6.45) is 0. The van der Waals surface area contributed by atoms with Crippen molar-refractivity contribution in [2.75, 3.05) is 39.8 Å². The van der Waals surface area contributed by atoms with Crippen LogP contribution in [-0.4, -0.2) is 66.7 Å². The van der Waals surface area contributed by atoms with Crippen LogP contribution in [0.5, 0.6) is 11.5 Å². The fourth-order valence-electron chi connectivity index (χ4n) is 3.28. The van der Waals surface area contributed by atoms with Gasteiger partial charge in [-0.2, -0.15) is 0 Å². The van der Waals surface area contributed by atoms with E-state index in [4.69, 9.17) is 4.74 Å². The Bertz CT molecular complexity index is 560. The average molecular weight is 335 g/mol. The maximum atomic E-state index is 13.2. The van der Waals surface area contributed by atoms with E-state index in [9.17, 15) is 9.90 Å². The summed E-state index contributed by atoms with van der Waals surface area (Å²) in [7, 11) is 1.52. The summed E-state index contributed by atoms with van der Waals surface area (Å²) >= 11 is 0. The Kier molecular flexibility index (Phi) is 6.45. The first-order valence-electron chi connectivity index (χ1n) is 8.64. The molecule has 6 nitrogen and oxygen atoms in total. The minimum absolute atomic E-state index is 0.0870.